The predicted molar refractivity (Wildman–Crippen MR) is 104 cm³/mol. The van der Waals surface area contributed by atoms with Crippen LogP contribution in [0.4, 0.5) is 17.5 Å². The SMILES string of the molecule is COc1ccc(N(C)c2nc(N)nc3cccc(CCN)c23)cc1OC. The molecule has 3 rings (SSSR count). The van der Waals surface area contributed by atoms with Crippen molar-refractivity contribution < 1.29 is 9.47 Å². The zero-order valence-electron chi connectivity index (χ0n) is 15.2. The molecule has 3 aromatic rings. The Balaban J connectivity index is 2.17. The molecule has 0 saturated carbocycles. The molecule has 0 bridgehead atoms. The molecule has 0 atom stereocenters. The van der Waals surface area contributed by atoms with Crippen molar-refractivity contribution in [2.45, 2.75) is 6.42 Å². The molecule has 26 heavy (non-hydrogen) atoms. The van der Waals surface area contributed by atoms with Crippen molar-refractivity contribution >= 4 is 28.4 Å². The number of rotatable bonds is 6. The first kappa shape index (κ1) is 17.8. The smallest absolute Gasteiger partial charge is 0.222 e. The zero-order chi connectivity index (χ0) is 18.7. The molecule has 0 aliphatic carbocycles. The van der Waals surface area contributed by atoms with Gasteiger partial charge in [0.1, 0.15) is 5.82 Å². The normalized spacial score (nSPS) is 10.8. The lowest BCUT2D eigenvalue weighted by Crippen LogP contribution is -2.15. The van der Waals surface area contributed by atoms with E-state index in [0.29, 0.717) is 18.0 Å². The van der Waals surface area contributed by atoms with E-state index in [0.717, 1.165) is 34.4 Å². The van der Waals surface area contributed by atoms with Crippen molar-refractivity contribution in [3.8, 4) is 11.5 Å². The van der Waals surface area contributed by atoms with Crippen molar-refractivity contribution in [2.75, 3.05) is 38.4 Å². The largest absolute Gasteiger partial charge is 0.493 e. The van der Waals surface area contributed by atoms with Gasteiger partial charge in [-0.1, -0.05) is 12.1 Å². The first-order chi connectivity index (χ1) is 12.6. The Labute approximate surface area is 152 Å². The first-order valence-electron chi connectivity index (χ1n) is 8.30. The predicted octanol–water partition coefficient (Wildman–Crippen LogP) is 2.50. The van der Waals surface area contributed by atoms with E-state index in [9.17, 15) is 0 Å². The summed E-state index contributed by atoms with van der Waals surface area (Å²) in [4.78, 5) is 10.8. The van der Waals surface area contributed by atoms with Crippen molar-refractivity contribution in [1.82, 2.24) is 9.97 Å². The summed E-state index contributed by atoms with van der Waals surface area (Å²) in [6.45, 7) is 0.545. The second-order valence-electron chi connectivity index (χ2n) is 5.85. The lowest BCUT2D eigenvalue weighted by atomic mass is 10.1. The molecule has 7 heteroatoms. The summed E-state index contributed by atoms with van der Waals surface area (Å²) in [7, 11) is 5.15. The Morgan fingerprint density at radius 3 is 2.50 bits per heavy atom. The Morgan fingerprint density at radius 2 is 1.81 bits per heavy atom. The van der Waals surface area contributed by atoms with E-state index in [2.05, 4.69) is 9.97 Å². The Bertz CT molecular complexity index is 929. The molecule has 0 saturated heterocycles. The number of anilines is 3. The standard InChI is InChI=1S/C19H23N5O2/c1-24(13-7-8-15(25-2)16(11-13)26-3)18-17-12(9-10-20)5-4-6-14(17)22-19(21)23-18/h4-8,11H,9-10,20H2,1-3H3,(H2,21,22,23). The third-order valence-electron chi connectivity index (χ3n) is 4.29. The Hall–Kier alpha value is -3.06. The van der Waals surface area contributed by atoms with Crippen molar-refractivity contribution in [3.63, 3.8) is 0 Å². The molecule has 0 amide bonds. The van der Waals surface area contributed by atoms with Crippen LogP contribution in [-0.2, 0) is 6.42 Å². The third kappa shape index (κ3) is 3.21. The van der Waals surface area contributed by atoms with Gasteiger partial charge < -0.3 is 25.8 Å². The number of nitrogens with zero attached hydrogens (tertiary/aromatic N) is 3. The average molecular weight is 353 g/mol. The van der Waals surface area contributed by atoms with E-state index in [4.69, 9.17) is 20.9 Å². The lowest BCUT2D eigenvalue weighted by molar-refractivity contribution is 0.355. The van der Waals surface area contributed by atoms with E-state index in [1.165, 1.54) is 0 Å². The van der Waals surface area contributed by atoms with E-state index < -0.39 is 0 Å². The van der Waals surface area contributed by atoms with Crippen LogP contribution in [0.15, 0.2) is 36.4 Å². The second kappa shape index (κ2) is 7.45. The highest BCUT2D eigenvalue weighted by molar-refractivity contribution is 5.95. The fourth-order valence-corrected chi connectivity index (χ4v) is 3.01. The fourth-order valence-electron chi connectivity index (χ4n) is 3.01. The summed E-state index contributed by atoms with van der Waals surface area (Å²) in [6.07, 6.45) is 0.734. The highest BCUT2D eigenvalue weighted by Crippen LogP contribution is 2.36. The highest BCUT2D eigenvalue weighted by Gasteiger charge is 2.16. The zero-order valence-corrected chi connectivity index (χ0v) is 15.2. The van der Waals surface area contributed by atoms with Crippen LogP contribution < -0.4 is 25.8 Å². The maximum Gasteiger partial charge on any atom is 0.222 e. The number of nitrogen functional groups attached to an aromatic ring is 1. The van der Waals surface area contributed by atoms with Crippen molar-refractivity contribution in [3.05, 3.63) is 42.0 Å². The number of ether oxygens (including phenoxy) is 2. The highest BCUT2D eigenvalue weighted by atomic mass is 16.5. The van der Waals surface area contributed by atoms with Crippen LogP contribution >= 0.6 is 0 Å². The first-order valence-corrected chi connectivity index (χ1v) is 8.30. The summed E-state index contributed by atoms with van der Waals surface area (Å²) in [5, 5.41) is 0.949. The van der Waals surface area contributed by atoms with Gasteiger partial charge in [-0.3, -0.25) is 0 Å². The van der Waals surface area contributed by atoms with Crippen LogP contribution in [-0.4, -0.2) is 37.8 Å². The number of fused-ring (bicyclic) bond motifs is 1. The van der Waals surface area contributed by atoms with Gasteiger partial charge in [0.2, 0.25) is 5.95 Å². The average Bonchev–Trinajstić information content (AvgIpc) is 2.66. The molecular formula is C19H23N5O2. The van der Waals surface area contributed by atoms with Gasteiger partial charge >= 0.3 is 0 Å². The molecule has 0 spiro atoms. The Morgan fingerprint density at radius 1 is 1.04 bits per heavy atom. The van der Waals surface area contributed by atoms with Gasteiger partial charge in [0.05, 0.1) is 19.7 Å². The number of nitrogens with two attached hydrogens (primary N) is 2. The minimum Gasteiger partial charge on any atom is -0.493 e. The summed E-state index contributed by atoms with van der Waals surface area (Å²) in [5.74, 6) is 2.26. The van der Waals surface area contributed by atoms with Gasteiger partial charge in [-0.2, -0.15) is 4.98 Å². The van der Waals surface area contributed by atoms with Crippen LogP contribution in [0.3, 0.4) is 0 Å². The van der Waals surface area contributed by atoms with E-state index in [1.54, 1.807) is 14.2 Å². The van der Waals surface area contributed by atoms with Gasteiger partial charge in [0, 0.05) is 24.2 Å². The number of benzene rings is 2. The fraction of sp³-hybridized carbons (Fsp3) is 0.263. The molecule has 1 heterocycles. The van der Waals surface area contributed by atoms with Gasteiger partial charge in [0.25, 0.3) is 0 Å². The maximum atomic E-state index is 5.95. The van der Waals surface area contributed by atoms with Gasteiger partial charge in [-0.25, -0.2) is 4.98 Å². The minimum absolute atomic E-state index is 0.227. The topological polar surface area (TPSA) is 99.5 Å². The number of hydrogen-bond acceptors (Lipinski definition) is 7. The molecule has 0 fully saturated rings. The molecule has 136 valence electrons. The number of methoxy groups -OCH3 is 2. The van der Waals surface area contributed by atoms with Crippen LogP contribution in [0, 0.1) is 0 Å². The van der Waals surface area contributed by atoms with Crippen LogP contribution in [0.1, 0.15) is 5.56 Å². The summed E-state index contributed by atoms with van der Waals surface area (Å²) < 4.78 is 10.7. The second-order valence-corrected chi connectivity index (χ2v) is 5.85. The van der Waals surface area contributed by atoms with Gasteiger partial charge in [-0.05, 0) is 36.7 Å². The molecule has 7 nitrogen and oxygen atoms in total. The molecule has 4 N–H and O–H groups in total. The molecule has 1 aromatic heterocycles. The summed E-state index contributed by atoms with van der Waals surface area (Å²) >= 11 is 0. The Kier molecular flexibility index (Phi) is 5.09. The summed E-state index contributed by atoms with van der Waals surface area (Å²) in [6, 6.07) is 11.6. The van der Waals surface area contributed by atoms with Crippen LogP contribution in [0.25, 0.3) is 10.9 Å². The molecule has 0 radical (unpaired) electrons. The van der Waals surface area contributed by atoms with E-state index in [1.807, 2.05) is 48.3 Å². The summed E-state index contributed by atoms with van der Waals surface area (Å²) in [5.41, 5.74) is 14.5. The van der Waals surface area contributed by atoms with Crippen molar-refractivity contribution in [1.29, 1.82) is 0 Å². The molecule has 0 unspecified atom stereocenters. The number of aromatic nitrogens is 2. The molecule has 0 aliphatic rings. The van der Waals surface area contributed by atoms with E-state index >= 15 is 0 Å². The molecular weight excluding hydrogens is 330 g/mol. The van der Waals surface area contributed by atoms with Gasteiger partial charge in [-0.15, -0.1) is 0 Å². The number of hydrogen-bond donors (Lipinski definition) is 2. The molecule has 2 aromatic carbocycles. The molecule has 0 aliphatic heterocycles. The monoisotopic (exact) mass is 353 g/mol. The van der Waals surface area contributed by atoms with E-state index in [-0.39, 0.29) is 5.95 Å². The van der Waals surface area contributed by atoms with Crippen LogP contribution in [0.5, 0.6) is 11.5 Å². The lowest BCUT2D eigenvalue weighted by Gasteiger charge is -2.22. The van der Waals surface area contributed by atoms with Crippen molar-refractivity contribution in [2.24, 2.45) is 5.73 Å². The van der Waals surface area contributed by atoms with Crippen LogP contribution in [0.2, 0.25) is 0 Å². The quantitative estimate of drug-likeness (QED) is 0.702. The minimum atomic E-state index is 0.227. The third-order valence-corrected chi connectivity index (χ3v) is 4.29. The maximum absolute atomic E-state index is 5.95. The van der Waals surface area contributed by atoms with Gasteiger partial charge in [0.15, 0.2) is 11.5 Å².